The molecule has 2 aromatic rings. The standard InChI is InChI=1S/C19H17ClF3N3O3/c20-15-7-8-16(27)26(24-15)11-17(28)25-9-1-2-13(10-25)18(29)12-3-5-14(6-4-12)19(21,22)23/h3-8,13H,1-2,9-11H2. The predicted molar refractivity (Wildman–Crippen MR) is 98.6 cm³/mol. The Labute approximate surface area is 168 Å². The van der Waals surface area contributed by atoms with Crippen molar-refractivity contribution < 1.29 is 22.8 Å². The van der Waals surface area contributed by atoms with Crippen LogP contribution in [0.3, 0.4) is 0 Å². The first kappa shape index (κ1) is 21.0. The lowest BCUT2D eigenvalue weighted by Crippen LogP contribution is -2.44. The zero-order valence-electron chi connectivity index (χ0n) is 15.2. The van der Waals surface area contributed by atoms with Crippen molar-refractivity contribution in [3.8, 4) is 0 Å². The highest BCUT2D eigenvalue weighted by atomic mass is 35.5. The summed E-state index contributed by atoms with van der Waals surface area (Å²) in [4.78, 5) is 38.5. The van der Waals surface area contributed by atoms with Gasteiger partial charge < -0.3 is 4.90 Å². The van der Waals surface area contributed by atoms with E-state index in [0.717, 1.165) is 28.9 Å². The van der Waals surface area contributed by atoms with Crippen molar-refractivity contribution in [1.82, 2.24) is 14.7 Å². The van der Waals surface area contributed by atoms with Crippen LogP contribution in [0.15, 0.2) is 41.2 Å². The van der Waals surface area contributed by atoms with E-state index < -0.39 is 23.2 Å². The fraction of sp³-hybridized carbons (Fsp3) is 0.368. The largest absolute Gasteiger partial charge is 0.416 e. The van der Waals surface area contributed by atoms with Crippen LogP contribution in [-0.2, 0) is 17.5 Å². The number of halogens is 4. The van der Waals surface area contributed by atoms with Crippen molar-refractivity contribution in [2.24, 2.45) is 5.92 Å². The molecule has 1 aliphatic rings. The third kappa shape index (κ3) is 5.03. The lowest BCUT2D eigenvalue weighted by molar-refractivity contribution is -0.137. The number of aromatic nitrogens is 2. The van der Waals surface area contributed by atoms with Crippen LogP contribution in [0.4, 0.5) is 13.2 Å². The number of carbonyl (C=O) groups is 2. The number of amides is 1. The summed E-state index contributed by atoms with van der Waals surface area (Å²) in [6.07, 6.45) is -3.37. The van der Waals surface area contributed by atoms with E-state index in [2.05, 4.69) is 5.10 Å². The van der Waals surface area contributed by atoms with Gasteiger partial charge >= 0.3 is 6.18 Å². The highest BCUT2D eigenvalue weighted by molar-refractivity contribution is 6.29. The third-order valence-electron chi connectivity index (χ3n) is 4.76. The van der Waals surface area contributed by atoms with E-state index in [9.17, 15) is 27.6 Å². The summed E-state index contributed by atoms with van der Waals surface area (Å²) in [5, 5.41) is 3.88. The van der Waals surface area contributed by atoms with Gasteiger partial charge in [-0.15, -0.1) is 0 Å². The van der Waals surface area contributed by atoms with Gasteiger partial charge in [0.05, 0.1) is 5.56 Å². The summed E-state index contributed by atoms with van der Waals surface area (Å²) in [7, 11) is 0. The summed E-state index contributed by atoms with van der Waals surface area (Å²) < 4.78 is 39.0. The van der Waals surface area contributed by atoms with E-state index >= 15 is 0 Å². The van der Waals surface area contributed by atoms with Crippen molar-refractivity contribution in [2.45, 2.75) is 25.6 Å². The molecule has 0 radical (unpaired) electrons. The number of piperidine rings is 1. The van der Waals surface area contributed by atoms with Crippen molar-refractivity contribution in [2.75, 3.05) is 13.1 Å². The molecule has 0 saturated carbocycles. The molecule has 10 heteroatoms. The average Bonchev–Trinajstić information content (AvgIpc) is 2.69. The van der Waals surface area contributed by atoms with Gasteiger partial charge in [-0.3, -0.25) is 14.4 Å². The van der Waals surface area contributed by atoms with Crippen molar-refractivity contribution in [3.05, 3.63) is 63.0 Å². The Kier molecular flexibility index (Phi) is 6.07. The van der Waals surface area contributed by atoms with Gasteiger partial charge in [-0.05, 0) is 31.0 Å². The molecule has 1 fully saturated rings. The Balaban J connectivity index is 1.68. The van der Waals surface area contributed by atoms with Gasteiger partial charge in [0, 0.05) is 30.6 Å². The van der Waals surface area contributed by atoms with Crippen LogP contribution < -0.4 is 5.56 Å². The first-order valence-electron chi connectivity index (χ1n) is 8.88. The molecule has 154 valence electrons. The number of benzene rings is 1. The Bertz CT molecular complexity index is 973. The number of Topliss-reactive ketones (excluding diaryl/α,β-unsaturated/α-hetero) is 1. The van der Waals surface area contributed by atoms with Gasteiger partial charge in [0.15, 0.2) is 5.78 Å². The second-order valence-corrected chi connectivity index (χ2v) is 7.16. The van der Waals surface area contributed by atoms with E-state index in [1.165, 1.54) is 17.0 Å². The molecule has 1 saturated heterocycles. The lowest BCUT2D eigenvalue weighted by Gasteiger charge is -2.32. The zero-order chi connectivity index (χ0) is 21.2. The minimum atomic E-state index is -4.47. The van der Waals surface area contributed by atoms with E-state index in [4.69, 9.17) is 11.6 Å². The van der Waals surface area contributed by atoms with E-state index in [0.29, 0.717) is 19.4 Å². The maximum absolute atomic E-state index is 12.7. The minimum absolute atomic E-state index is 0.0754. The SMILES string of the molecule is O=C(c1ccc(C(F)(F)F)cc1)C1CCCN(C(=O)Cn2nc(Cl)ccc2=O)C1. The number of rotatable bonds is 4. The summed E-state index contributed by atoms with van der Waals surface area (Å²) in [6.45, 7) is 0.250. The Morgan fingerprint density at radius 3 is 2.48 bits per heavy atom. The number of hydrogen-bond donors (Lipinski definition) is 0. The summed E-state index contributed by atoms with van der Waals surface area (Å²) in [6, 6.07) is 6.58. The van der Waals surface area contributed by atoms with Crippen LogP contribution >= 0.6 is 11.6 Å². The van der Waals surface area contributed by atoms with E-state index in [1.54, 1.807) is 0 Å². The number of ketones is 1. The number of carbonyl (C=O) groups excluding carboxylic acids is 2. The molecule has 6 nitrogen and oxygen atoms in total. The second kappa shape index (κ2) is 8.36. The topological polar surface area (TPSA) is 72.3 Å². The quantitative estimate of drug-likeness (QED) is 0.703. The second-order valence-electron chi connectivity index (χ2n) is 6.77. The molecule has 1 amide bonds. The van der Waals surface area contributed by atoms with Crippen LogP contribution in [0, 0.1) is 5.92 Å². The van der Waals surface area contributed by atoms with Crippen LogP contribution in [0.25, 0.3) is 0 Å². The number of alkyl halides is 3. The number of nitrogens with zero attached hydrogens (tertiary/aromatic N) is 3. The molecule has 0 N–H and O–H groups in total. The molecule has 1 atom stereocenters. The van der Waals surface area contributed by atoms with Crippen molar-refractivity contribution in [1.29, 1.82) is 0 Å². The summed E-state index contributed by atoms with van der Waals surface area (Å²) >= 11 is 5.75. The Morgan fingerprint density at radius 1 is 1.14 bits per heavy atom. The number of likely N-dealkylation sites (tertiary alicyclic amines) is 1. The lowest BCUT2D eigenvalue weighted by atomic mass is 9.89. The fourth-order valence-electron chi connectivity index (χ4n) is 3.24. The maximum Gasteiger partial charge on any atom is 0.416 e. The van der Waals surface area contributed by atoms with Gasteiger partial charge in [0.1, 0.15) is 11.7 Å². The Morgan fingerprint density at radius 2 is 1.83 bits per heavy atom. The van der Waals surface area contributed by atoms with E-state index in [1.807, 2.05) is 0 Å². The molecular formula is C19H17ClF3N3O3. The van der Waals surface area contributed by atoms with Crippen LogP contribution in [0.1, 0.15) is 28.8 Å². The molecule has 1 aromatic carbocycles. The molecule has 1 aliphatic heterocycles. The van der Waals surface area contributed by atoms with Crippen LogP contribution in [-0.4, -0.2) is 39.5 Å². The monoisotopic (exact) mass is 427 g/mol. The summed E-state index contributed by atoms with van der Waals surface area (Å²) in [5.41, 5.74) is -1.13. The molecule has 1 aromatic heterocycles. The van der Waals surface area contributed by atoms with Gasteiger partial charge in [-0.2, -0.15) is 18.3 Å². The predicted octanol–water partition coefficient (Wildman–Crippen LogP) is 3.04. The van der Waals surface area contributed by atoms with Crippen LogP contribution in [0.5, 0.6) is 0 Å². The highest BCUT2D eigenvalue weighted by Gasteiger charge is 2.32. The molecule has 0 aliphatic carbocycles. The normalized spacial score (nSPS) is 17.2. The molecular weight excluding hydrogens is 411 g/mol. The Hall–Kier alpha value is -2.68. The maximum atomic E-state index is 12.7. The number of hydrogen-bond acceptors (Lipinski definition) is 4. The zero-order valence-corrected chi connectivity index (χ0v) is 15.9. The van der Waals surface area contributed by atoms with Crippen molar-refractivity contribution >= 4 is 23.3 Å². The van der Waals surface area contributed by atoms with Crippen LogP contribution in [0.2, 0.25) is 5.15 Å². The van der Waals surface area contributed by atoms with E-state index in [-0.39, 0.29) is 35.5 Å². The fourth-order valence-corrected chi connectivity index (χ4v) is 3.40. The third-order valence-corrected chi connectivity index (χ3v) is 4.96. The van der Waals surface area contributed by atoms with Gasteiger partial charge in [-0.25, -0.2) is 4.68 Å². The molecule has 29 heavy (non-hydrogen) atoms. The minimum Gasteiger partial charge on any atom is -0.340 e. The molecule has 1 unspecified atom stereocenters. The first-order valence-corrected chi connectivity index (χ1v) is 9.26. The smallest absolute Gasteiger partial charge is 0.340 e. The molecule has 2 heterocycles. The molecule has 3 rings (SSSR count). The summed E-state index contributed by atoms with van der Waals surface area (Å²) in [5.74, 6) is -1.21. The molecule has 0 spiro atoms. The van der Waals surface area contributed by atoms with Gasteiger partial charge in [-0.1, -0.05) is 23.7 Å². The van der Waals surface area contributed by atoms with Gasteiger partial charge in [0.2, 0.25) is 5.91 Å². The van der Waals surface area contributed by atoms with Gasteiger partial charge in [0.25, 0.3) is 5.56 Å². The first-order chi connectivity index (χ1) is 13.6. The van der Waals surface area contributed by atoms with Crippen molar-refractivity contribution in [3.63, 3.8) is 0 Å². The average molecular weight is 428 g/mol. The molecule has 0 bridgehead atoms. The highest BCUT2D eigenvalue weighted by Crippen LogP contribution is 2.30.